The minimum absolute atomic E-state index is 0.0641. The summed E-state index contributed by atoms with van der Waals surface area (Å²) < 4.78 is 22.9. The first-order valence-electron chi connectivity index (χ1n) is 11.0. The number of hydrogen-bond acceptors (Lipinski definition) is 6. The van der Waals surface area contributed by atoms with Gasteiger partial charge in [0.05, 0.1) is 37.6 Å². The summed E-state index contributed by atoms with van der Waals surface area (Å²) in [7, 11) is 1.59. The molecular formula is C26H28O6. The number of Topliss-reactive ketones (excluding diaryl/α,β-unsaturated/α-hetero) is 1. The Kier molecular flexibility index (Phi) is 6.90. The summed E-state index contributed by atoms with van der Waals surface area (Å²) in [6.45, 7) is 2.06. The van der Waals surface area contributed by atoms with Gasteiger partial charge in [0.15, 0.2) is 11.9 Å². The molecule has 6 heteroatoms. The number of allylic oxidation sites excluding steroid dienone is 1. The quantitative estimate of drug-likeness (QED) is 0.596. The standard InChI is InChI=1S/C26H28O6/c1-3-30-26(28)25(17-9-5-4-6-10-17)32-18-13-14-20-23(15-18)31-16-21(24(20)27)19-11-7-8-12-22(19)29-2/h4-12,16,18,20,23,25H,3,13-15H2,1-2H3. The van der Waals surface area contributed by atoms with Crippen LogP contribution in [0.2, 0.25) is 0 Å². The molecule has 2 aromatic rings. The van der Waals surface area contributed by atoms with Crippen LogP contribution in [0.5, 0.6) is 5.75 Å². The van der Waals surface area contributed by atoms with E-state index in [-0.39, 0.29) is 30.5 Å². The van der Waals surface area contributed by atoms with Crippen molar-refractivity contribution >= 4 is 17.3 Å². The molecule has 32 heavy (non-hydrogen) atoms. The van der Waals surface area contributed by atoms with Gasteiger partial charge in [-0.3, -0.25) is 4.79 Å². The van der Waals surface area contributed by atoms with E-state index >= 15 is 0 Å². The molecule has 0 spiro atoms. The highest BCUT2D eigenvalue weighted by atomic mass is 16.6. The zero-order valence-electron chi connectivity index (χ0n) is 18.4. The summed E-state index contributed by atoms with van der Waals surface area (Å²) in [5.41, 5.74) is 2.03. The molecule has 1 fully saturated rings. The molecule has 2 aromatic carbocycles. The monoisotopic (exact) mass is 436 g/mol. The maximum atomic E-state index is 13.3. The topological polar surface area (TPSA) is 71.1 Å². The van der Waals surface area contributed by atoms with Crippen LogP contribution in [0.3, 0.4) is 0 Å². The summed E-state index contributed by atoms with van der Waals surface area (Å²) >= 11 is 0. The lowest BCUT2D eigenvalue weighted by atomic mass is 9.77. The van der Waals surface area contributed by atoms with Crippen LogP contribution >= 0.6 is 0 Å². The highest BCUT2D eigenvalue weighted by Gasteiger charge is 2.42. The van der Waals surface area contributed by atoms with Crippen molar-refractivity contribution in [1.82, 2.24) is 0 Å². The Hall–Kier alpha value is -3.12. The van der Waals surface area contributed by atoms with Crippen molar-refractivity contribution in [2.45, 2.75) is 44.5 Å². The third kappa shape index (κ3) is 4.55. The maximum Gasteiger partial charge on any atom is 0.339 e. The van der Waals surface area contributed by atoms with E-state index in [4.69, 9.17) is 18.9 Å². The van der Waals surface area contributed by atoms with Gasteiger partial charge in [-0.2, -0.15) is 0 Å². The summed E-state index contributed by atoms with van der Waals surface area (Å²) in [5, 5.41) is 0. The van der Waals surface area contributed by atoms with E-state index in [1.807, 2.05) is 54.6 Å². The van der Waals surface area contributed by atoms with Crippen molar-refractivity contribution in [1.29, 1.82) is 0 Å². The zero-order valence-corrected chi connectivity index (χ0v) is 18.4. The minimum atomic E-state index is -0.795. The van der Waals surface area contributed by atoms with E-state index in [9.17, 15) is 9.59 Å². The number of ketones is 1. The SMILES string of the molecule is CCOC(=O)C(OC1CCC2C(=O)C(c3ccccc3OC)=COC2C1)c1ccccc1. The third-order valence-electron chi connectivity index (χ3n) is 6.04. The van der Waals surface area contributed by atoms with Gasteiger partial charge in [0.2, 0.25) is 0 Å². The van der Waals surface area contributed by atoms with Gasteiger partial charge in [0, 0.05) is 12.0 Å². The van der Waals surface area contributed by atoms with Crippen LogP contribution in [0, 0.1) is 5.92 Å². The van der Waals surface area contributed by atoms with Crippen LogP contribution in [-0.2, 0) is 23.8 Å². The molecule has 1 aliphatic heterocycles. The molecule has 1 heterocycles. The molecule has 1 aliphatic carbocycles. The predicted octanol–water partition coefficient (Wildman–Crippen LogP) is 4.49. The Balaban J connectivity index is 1.49. The first-order chi connectivity index (χ1) is 15.6. The largest absolute Gasteiger partial charge is 0.496 e. The van der Waals surface area contributed by atoms with Crippen LogP contribution in [-0.4, -0.2) is 37.7 Å². The molecular weight excluding hydrogens is 408 g/mol. The van der Waals surface area contributed by atoms with Gasteiger partial charge in [-0.1, -0.05) is 48.5 Å². The van der Waals surface area contributed by atoms with E-state index in [1.54, 1.807) is 20.3 Å². The molecule has 1 saturated carbocycles. The number of esters is 1. The molecule has 0 amide bonds. The second kappa shape index (κ2) is 10.0. The maximum absolute atomic E-state index is 13.3. The highest BCUT2D eigenvalue weighted by Crippen LogP contribution is 2.40. The molecule has 4 atom stereocenters. The van der Waals surface area contributed by atoms with E-state index in [2.05, 4.69) is 0 Å². The molecule has 0 N–H and O–H groups in total. The fourth-order valence-electron chi connectivity index (χ4n) is 4.45. The van der Waals surface area contributed by atoms with Crippen molar-refractivity contribution in [3.05, 3.63) is 72.0 Å². The van der Waals surface area contributed by atoms with Crippen molar-refractivity contribution in [2.75, 3.05) is 13.7 Å². The van der Waals surface area contributed by atoms with Crippen LogP contribution in [0.15, 0.2) is 60.9 Å². The molecule has 0 aromatic heterocycles. The molecule has 0 saturated heterocycles. The van der Waals surface area contributed by atoms with Crippen molar-refractivity contribution in [3.63, 3.8) is 0 Å². The number of benzene rings is 2. The molecule has 168 valence electrons. The Bertz CT molecular complexity index is 983. The average molecular weight is 437 g/mol. The minimum Gasteiger partial charge on any atom is -0.496 e. The highest BCUT2D eigenvalue weighted by molar-refractivity contribution is 6.22. The Labute approximate surface area is 188 Å². The number of hydrogen-bond donors (Lipinski definition) is 0. The Morgan fingerprint density at radius 3 is 2.59 bits per heavy atom. The lowest BCUT2D eigenvalue weighted by molar-refractivity contribution is -0.166. The van der Waals surface area contributed by atoms with Crippen LogP contribution in [0.25, 0.3) is 5.57 Å². The van der Waals surface area contributed by atoms with Gasteiger partial charge in [-0.15, -0.1) is 0 Å². The number of rotatable bonds is 7. The van der Waals surface area contributed by atoms with Crippen molar-refractivity contribution in [3.8, 4) is 5.75 Å². The zero-order chi connectivity index (χ0) is 22.5. The Morgan fingerprint density at radius 1 is 1.09 bits per heavy atom. The Morgan fingerprint density at radius 2 is 1.84 bits per heavy atom. The summed E-state index contributed by atoms with van der Waals surface area (Å²) in [6.07, 6.45) is 2.09. The van der Waals surface area contributed by atoms with Gasteiger partial charge in [-0.05, 0) is 31.4 Å². The molecule has 4 rings (SSSR count). The van der Waals surface area contributed by atoms with E-state index < -0.39 is 12.1 Å². The van der Waals surface area contributed by atoms with E-state index in [0.29, 0.717) is 30.6 Å². The molecule has 0 bridgehead atoms. The van der Waals surface area contributed by atoms with Crippen LogP contribution < -0.4 is 4.74 Å². The van der Waals surface area contributed by atoms with Crippen molar-refractivity contribution < 1.29 is 28.5 Å². The average Bonchev–Trinajstić information content (AvgIpc) is 2.83. The van der Waals surface area contributed by atoms with Gasteiger partial charge >= 0.3 is 5.97 Å². The summed E-state index contributed by atoms with van der Waals surface area (Å²) in [6, 6.07) is 16.8. The second-order valence-electron chi connectivity index (χ2n) is 7.99. The summed E-state index contributed by atoms with van der Waals surface area (Å²) in [4.78, 5) is 25.8. The first kappa shape index (κ1) is 22.1. The summed E-state index contributed by atoms with van der Waals surface area (Å²) in [5.74, 6) is 0.0675. The number of fused-ring (bicyclic) bond motifs is 1. The lowest BCUT2D eigenvalue weighted by Gasteiger charge is -2.38. The first-order valence-corrected chi connectivity index (χ1v) is 11.0. The number of carbonyl (C=O) groups is 2. The smallest absolute Gasteiger partial charge is 0.339 e. The molecule has 2 aliphatic rings. The van der Waals surface area contributed by atoms with Crippen LogP contribution in [0.4, 0.5) is 0 Å². The van der Waals surface area contributed by atoms with Crippen LogP contribution in [0.1, 0.15) is 43.4 Å². The second-order valence-corrected chi connectivity index (χ2v) is 7.99. The number of carbonyl (C=O) groups excluding carboxylic acids is 2. The molecule has 6 nitrogen and oxygen atoms in total. The van der Waals surface area contributed by atoms with E-state index in [0.717, 1.165) is 11.1 Å². The number of ether oxygens (including phenoxy) is 4. The third-order valence-corrected chi connectivity index (χ3v) is 6.04. The fourth-order valence-corrected chi connectivity index (χ4v) is 4.45. The molecule has 4 unspecified atom stereocenters. The van der Waals surface area contributed by atoms with Gasteiger partial charge in [-0.25, -0.2) is 4.79 Å². The van der Waals surface area contributed by atoms with Crippen molar-refractivity contribution in [2.24, 2.45) is 5.92 Å². The van der Waals surface area contributed by atoms with Gasteiger partial charge in [0.25, 0.3) is 0 Å². The van der Waals surface area contributed by atoms with Gasteiger partial charge < -0.3 is 18.9 Å². The lowest BCUT2D eigenvalue weighted by Crippen LogP contribution is -2.42. The predicted molar refractivity (Wildman–Crippen MR) is 119 cm³/mol. The normalized spacial score (nSPS) is 23.4. The number of methoxy groups -OCH3 is 1. The van der Waals surface area contributed by atoms with E-state index in [1.165, 1.54) is 0 Å². The number of para-hydroxylation sites is 1. The fraction of sp³-hybridized carbons (Fsp3) is 0.385. The molecule has 0 radical (unpaired) electrons. The van der Waals surface area contributed by atoms with Gasteiger partial charge in [0.1, 0.15) is 11.9 Å².